The summed E-state index contributed by atoms with van der Waals surface area (Å²) in [7, 11) is 0. The Morgan fingerprint density at radius 3 is 2.94 bits per heavy atom. The highest BCUT2D eigenvalue weighted by Crippen LogP contribution is 2.04. The molecule has 0 unspecified atom stereocenters. The number of aliphatic hydroxyl groups is 1. The first kappa shape index (κ1) is 11.5. The number of nitrogens with zero attached hydrogens (tertiary/aromatic N) is 4. The highest BCUT2D eigenvalue weighted by Gasteiger charge is 2.07. The number of rotatable bonds is 5. The molecule has 0 fully saturated rings. The van der Waals surface area contributed by atoms with Crippen molar-refractivity contribution >= 4 is 11.7 Å². The van der Waals surface area contributed by atoms with Crippen molar-refractivity contribution in [2.45, 2.75) is 19.3 Å². The van der Waals surface area contributed by atoms with Gasteiger partial charge in [-0.25, -0.2) is 9.50 Å². The monoisotopic (exact) mass is 236 g/mol. The number of carboxylic acids is 1. The Labute approximate surface area is 96.8 Å². The number of aliphatic carboxylic acids is 1. The molecule has 0 saturated carbocycles. The maximum Gasteiger partial charge on any atom is 0.303 e. The summed E-state index contributed by atoms with van der Waals surface area (Å²) in [4.78, 5) is 18.6. The average Bonchev–Trinajstić information content (AvgIpc) is 2.69. The lowest BCUT2D eigenvalue weighted by molar-refractivity contribution is -0.137. The smallest absolute Gasteiger partial charge is 0.303 e. The van der Waals surface area contributed by atoms with Crippen LogP contribution in [0.5, 0.6) is 0 Å². The molecule has 0 aliphatic rings. The van der Waals surface area contributed by atoms with Crippen LogP contribution in [0.3, 0.4) is 0 Å². The summed E-state index contributed by atoms with van der Waals surface area (Å²) in [5, 5.41) is 21.5. The van der Waals surface area contributed by atoms with Crippen molar-refractivity contribution in [3.05, 3.63) is 23.8 Å². The zero-order chi connectivity index (χ0) is 12.3. The molecule has 7 nitrogen and oxygen atoms in total. The molecule has 2 aromatic heterocycles. The van der Waals surface area contributed by atoms with Crippen LogP contribution >= 0.6 is 0 Å². The third-order valence-corrected chi connectivity index (χ3v) is 2.25. The van der Waals surface area contributed by atoms with Gasteiger partial charge >= 0.3 is 5.97 Å². The topological polar surface area (TPSA) is 101 Å². The Bertz CT molecular complexity index is 537. The van der Waals surface area contributed by atoms with Gasteiger partial charge in [-0.3, -0.25) is 4.79 Å². The first-order valence-electron chi connectivity index (χ1n) is 5.22. The molecule has 0 saturated heterocycles. The van der Waals surface area contributed by atoms with Crippen molar-refractivity contribution < 1.29 is 15.0 Å². The second-order valence-electron chi connectivity index (χ2n) is 3.60. The van der Waals surface area contributed by atoms with Gasteiger partial charge in [0.05, 0.1) is 6.42 Å². The Morgan fingerprint density at radius 2 is 2.24 bits per heavy atom. The highest BCUT2D eigenvalue weighted by molar-refractivity contribution is 5.66. The van der Waals surface area contributed by atoms with Gasteiger partial charge in [0.25, 0.3) is 5.78 Å². The van der Waals surface area contributed by atoms with Crippen LogP contribution in [0.2, 0.25) is 0 Å². The second-order valence-corrected chi connectivity index (χ2v) is 3.60. The normalized spacial score (nSPS) is 10.9. The second kappa shape index (κ2) is 4.88. The predicted molar refractivity (Wildman–Crippen MR) is 57.5 cm³/mol. The van der Waals surface area contributed by atoms with Crippen LogP contribution in [0, 0.1) is 0 Å². The summed E-state index contributed by atoms with van der Waals surface area (Å²) in [5.74, 6) is 0.0194. The van der Waals surface area contributed by atoms with E-state index in [2.05, 4.69) is 15.1 Å². The van der Waals surface area contributed by atoms with Gasteiger partial charge in [0.2, 0.25) is 0 Å². The maximum absolute atomic E-state index is 10.4. The lowest BCUT2D eigenvalue weighted by Gasteiger charge is -1.96. The van der Waals surface area contributed by atoms with E-state index in [4.69, 9.17) is 10.2 Å². The number of aromatic nitrogens is 4. The van der Waals surface area contributed by atoms with Gasteiger partial charge in [-0.15, -0.1) is 5.10 Å². The van der Waals surface area contributed by atoms with Crippen LogP contribution in [0.4, 0.5) is 0 Å². The van der Waals surface area contributed by atoms with E-state index in [-0.39, 0.29) is 19.4 Å². The summed E-state index contributed by atoms with van der Waals surface area (Å²) in [6, 6.07) is 0. The van der Waals surface area contributed by atoms with E-state index in [1.54, 1.807) is 12.4 Å². The summed E-state index contributed by atoms with van der Waals surface area (Å²) >= 11 is 0. The van der Waals surface area contributed by atoms with Crippen LogP contribution < -0.4 is 0 Å². The molecule has 0 bridgehead atoms. The van der Waals surface area contributed by atoms with E-state index in [9.17, 15) is 4.79 Å². The van der Waals surface area contributed by atoms with Gasteiger partial charge in [0.1, 0.15) is 0 Å². The first-order valence-corrected chi connectivity index (χ1v) is 5.22. The molecule has 0 amide bonds. The zero-order valence-corrected chi connectivity index (χ0v) is 9.07. The van der Waals surface area contributed by atoms with Crippen molar-refractivity contribution in [1.82, 2.24) is 19.6 Å². The summed E-state index contributed by atoms with van der Waals surface area (Å²) in [6.45, 7) is 0.0494. The third-order valence-electron chi connectivity index (χ3n) is 2.25. The fourth-order valence-corrected chi connectivity index (χ4v) is 1.45. The fraction of sp³-hybridized carbons (Fsp3) is 0.400. The molecule has 2 N–H and O–H groups in total. The third kappa shape index (κ3) is 2.76. The summed E-state index contributed by atoms with van der Waals surface area (Å²) in [6.07, 6.45) is 4.15. The summed E-state index contributed by atoms with van der Waals surface area (Å²) < 4.78 is 1.50. The molecular weight excluding hydrogens is 224 g/mol. The van der Waals surface area contributed by atoms with Gasteiger partial charge < -0.3 is 10.2 Å². The number of hydrogen-bond acceptors (Lipinski definition) is 5. The number of aliphatic hydroxyl groups excluding tert-OH is 1. The van der Waals surface area contributed by atoms with E-state index in [1.807, 2.05) is 0 Å². The molecule has 0 spiro atoms. The Kier molecular flexibility index (Phi) is 3.29. The van der Waals surface area contributed by atoms with E-state index in [1.165, 1.54) is 4.52 Å². The fourth-order valence-electron chi connectivity index (χ4n) is 1.45. The van der Waals surface area contributed by atoms with Gasteiger partial charge in [-0.05, 0) is 12.0 Å². The van der Waals surface area contributed by atoms with Crippen LogP contribution in [-0.2, 0) is 17.6 Å². The molecule has 2 rings (SSSR count). The van der Waals surface area contributed by atoms with Crippen molar-refractivity contribution in [2.75, 3.05) is 6.61 Å². The molecule has 0 aliphatic heterocycles. The Balaban J connectivity index is 2.21. The molecule has 2 heterocycles. The van der Waals surface area contributed by atoms with E-state index < -0.39 is 5.97 Å². The Morgan fingerprint density at radius 1 is 1.41 bits per heavy atom. The van der Waals surface area contributed by atoms with Crippen molar-refractivity contribution in [3.63, 3.8) is 0 Å². The molecule has 90 valence electrons. The van der Waals surface area contributed by atoms with E-state index in [0.29, 0.717) is 18.0 Å². The highest BCUT2D eigenvalue weighted by atomic mass is 16.4. The largest absolute Gasteiger partial charge is 0.481 e. The van der Waals surface area contributed by atoms with Crippen molar-refractivity contribution in [1.29, 1.82) is 0 Å². The molecule has 0 atom stereocenters. The zero-order valence-electron chi connectivity index (χ0n) is 9.07. The minimum atomic E-state index is -0.877. The van der Waals surface area contributed by atoms with Crippen LogP contribution in [-0.4, -0.2) is 42.4 Å². The number of fused-ring (bicyclic) bond motifs is 1. The predicted octanol–water partition coefficient (Wildman–Crippen LogP) is -0.324. The van der Waals surface area contributed by atoms with Crippen molar-refractivity contribution in [3.8, 4) is 0 Å². The van der Waals surface area contributed by atoms with Crippen LogP contribution in [0.15, 0.2) is 12.4 Å². The number of carbonyl (C=O) groups is 1. The lowest BCUT2D eigenvalue weighted by Crippen LogP contribution is -1.99. The van der Waals surface area contributed by atoms with E-state index >= 15 is 0 Å². The standard InChI is InChI=1S/C10H12N4O3/c15-4-3-7-5-11-10-12-8(1-2-9(16)17)13-14(10)6-7/h5-6,15H,1-4H2,(H,16,17). The number of aryl methyl sites for hydroxylation is 1. The minimum absolute atomic E-state index is 0.000376. The summed E-state index contributed by atoms with van der Waals surface area (Å²) in [5.41, 5.74) is 0.856. The number of hydrogen-bond donors (Lipinski definition) is 2. The lowest BCUT2D eigenvalue weighted by atomic mass is 10.3. The first-order chi connectivity index (χ1) is 8.19. The molecular formula is C10H12N4O3. The average molecular weight is 236 g/mol. The molecule has 17 heavy (non-hydrogen) atoms. The van der Waals surface area contributed by atoms with Crippen LogP contribution in [0.25, 0.3) is 5.78 Å². The van der Waals surface area contributed by atoms with Crippen LogP contribution in [0.1, 0.15) is 17.8 Å². The van der Waals surface area contributed by atoms with Gasteiger partial charge in [0, 0.05) is 25.4 Å². The number of carboxylic acid groups (broad SMARTS) is 1. The molecule has 0 aromatic carbocycles. The Hall–Kier alpha value is -2.02. The minimum Gasteiger partial charge on any atom is -0.481 e. The van der Waals surface area contributed by atoms with Gasteiger partial charge in [-0.1, -0.05) is 0 Å². The maximum atomic E-state index is 10.4. The molecule has 7 heteroatoms. The van der Waals surface area contributed by atoms with E-state index in [0.717, 1.165) is 5.56 Å². The SMILES string of the molecule is O=C(O)CCc1nc2ncc(CCO)cn2n1. The quantitative estimate of drug-likeness (QED) is 0.737. The molecule has 0 radical (unpaired) electrons. The van der Waals surface area contributed by atoms with Gasteiger partial charge in [0.15, 0.2) is 5.82 Å². The van der Waals surface area contributed by atoms with Gasteiger partial charge in [-0.2, -0.15) is 4.98 Å². The van der Waals surface area contributed by atoms with Crippen molar-refractivity contribution in [2.24, 2.45) is 0 Å². The molecule has 2 aromatic rings. The molecule has 0 aliphatic carbocycles.